The van der Waals surface area contributed by atoms with Crippen LogP contribution in [0.2, 0.25) is 0 Å². The maximum Gasteiger partial charge on any atom is 0.0683 e. The first-order valence-electron chi connectivity index (χ1n) is 4.27. The summed E-state index contributed by atoms with van der Waals surface area (Å²) in [7, 11) is 0. The molecule has 0 aliphatic heterocycles. The Bertz CT molecular complexity index is 402. The highest BCUT2D eigenvalue weighted by molar-refractivity contribution is 5.59. The summed E-state index contributed by atoms with van der Waals surface area (Å²) in [5, 5.41) is 0. The minimum Gasteiger partial charge on any atom is -0.397 e. The zero-order valence-electron chi connectivity index (χ0n) is 7.57. The van der Waals surface area contributed by atoms with E-state index in [0.717, 1.165) is 11.4 Å². The first-order valence-corrected chi connectivity index (χ1v) is 4.27. The number of nitrogens with two attached hydrogens (primary N) is 1. The molecule has 2 N–H and O–H groups in total. The maximum absolute atomic E-state index is 5.86. The van der Waals surface area contributed by atoms with Crippen LogP contribution in [-0.2, 0) is 0 Å². The van der Waals surface area contributed by atoms with Crippen molar-refractivity contribution >= 4 is 5.69 Å². The summed E-state index contributed by atoms with van der Waals surface area (Å²) in [6, 6.07) is 10.0. The van der Waals surface area contributed by atoms with Crippen molar-refractivity contribution in [3.63, 3.8) is 0 Å². The summed E-state index contributed by atoms with van der Waals surface area (Å²) in [6.45, 7) is 2.06. The van der Waals surface area contributed by atoms with Gasteiger partial charge in [0.15, 0.2) is 0 Å². The monoisotopic (exact) mass is 172 g/mol. The molecule has 1 aromatic heterocycles. The second-order valence-corrected chi connectivity index (χ2v) is 3.15. The average molecular weight is 172 g/mol. The predicted molar refractivity (Wildman–Crippen MR) is 54.9 cm³/mol. The molecule has 0 spiro atoms. The van der Waals surface area contributed by atoms with Gasteiger partial charge in [-0.1, -0.05) is 6.07 Å². The van der Waals surface area contributed by atoms with Crippen LogP contribution in [0.5, 0.6) is 0 Å². The van der Waals surface area contributed by atoms with Crippen molar-refractivity contribution < 1.29 is 0 Å². The van der Waals surface area contributed by atoms with Crippen LogP contribution in [0.1, 0.15) is 5.56 Å². The Morgan fingerprint density at radius 2 is 1.85 bits per heavy atom. The van der Waals surface area contributed by atoms with Crippen LogP contribution in [0.15, 0.2) is 42.7 Å². The molecule has 0 saturated heterocycles. The summed E-state index contributed by atoms with van der Waals surface area (Å²) < 4.78 is 2.02. The molecule has 0 unspecified atom stereocenters. The Morgan fingerprint density at radius 1 is 1.15 bits per heavy atom. The molecule has 13 heavy (non-hydrogen) atoms. The van der Waals surface area contributed by atoms with Crippen molar-refractivity contribution in [3.05, 3.63) is 48.3 Å². The smallest absolute Gasteiger partial charge is 0.0683 e. The number of aromatic nitrogens is 1. The van der Waals surface area contributed by atoms with Gasteiger partial charge in [-0.3, -0.25) is 0 Å². The van der Waals surface area contributed by atoms with Gasteiger partial charge >= 0.3 is 0 Å². The van der Waals surface area contributed by atoms with Crippen molar-refractivity contribution in [2.75, 3.05) is 5.73 Å². The summed E-state index contributed by atoms with van der Waals surface area (Å²) in [6.07, 6.45) is 3.98. The van der Waals surface area contributed by atoms with E-state index in [4.69, 9.17) is 5.73 Å². The van der Waals surface area contributed by atoms with E-state index in [9.17, 15) is 0 Å². The van der Waals surface area contributed by atoms with Crippen molar-refractivity contribution in [2.24, 2.45) is 0 Å². The van der Waals surface area contributed by atoms with E-state index in [1.54, 1.807) is 0 Å². The molecule has 2 aromatic rings. The van der Waals surface area contributed by atoms with Crippen LogP contribution in [0, 0.1) is 6.92 Å². The average Bonchev–Trinajstić information content (AvgIpc) is 2.61. The Morgan fingerprint density at radius 3 is 2.54 bits per heavy atom. The van der Waals surface area contributed by atoms with E-state index >= 15 is 0 Å². The van der Waals surface area contributed by atoms with Gasteiger partial charge in [0.05, 0.1) is 11.4 Å². The summed E-state index contributed by atoms with van der Waals surface area (Å²) in [5.41, 5.74) is 8.93. The van der Waals surface area contributed by atoms with Crippen LogP contribution in [0.25, 0.3) is 5.69 Å². The van der Waals surface area contributed by atoms with Crippen molar-refractivity contribution in [2.45, 2.75) is 6.92 Å². The third kappa shape index (κ3) is 1.43. The van der Waals surface area contributed by atoms with Gasteiger partial charge in [-0.2, -0.15) is 0 Å². The standard InChI is InChI=1S/C11H12N2/c1-9-4-5-10(12)11(8-9)13-6-2-3-7-13/h2-8H,12H2,1H3. The van der Waals surface area contributed by atoms with E-state index in [-0.39, 0.29) is 0 Å². The molecule has 0 saturated carbocycles. The molecule has 0 radical (unpaired) electrons. The summed E-state index contributed by atoms with van der Waals surface area (Å²) in [5.74, 6) is 0. The summed E-state index contributed by atoms with van der Waals surface area (Å²) in [4.78, 5) is 0. The Kier molecular flexibility index (Phi) is 1.81. The lowest BCUT2D eigenvalue weighted by molar-refractivity contribution is 1.08. The lowest BCUT2D eigenvalue weighted by Gasteiger charge is -2.07. The third-order valence-electron chi connectivity index (χ3n) is 2.07. The molecule has 2 nitrogen and oxygen atoms in total. The van der Waals surface area contributed by atoms with Gasteiger partial charge in [0.2, 0.25) is 0 Å². The topological polar surface area (TPSA) is 30.9 Å². The SMILES string of the molecule is Cc1ccc(N)c(-n2cccc2)c1. The number of nitrogens with zero attached hydrogens (tertiary/aromatic N) is 1. The fourth-order valence-corrected chi connectivity index (χ4v) is 1.37. The van der Waals surface area contributed by atoms with Crippen LogP contribution < -0.4 is 5.73 Å². The fraction of sp³-hybridized carbons (Fsp3) is 0.0909. The Balaban J connectivity index is 2.57. The maximum atomic E-state index is 5.86. The quantitative estimate of drug-likeness (QED) is 0.658. The van der Waals surface area contributed by atoms with Crippen LogP contribution in [0.3, 0.4) is 0 Å². The van der Waals surface area contributed by atoms with E-state index in [1.807, 2.05) is 41.2 Å². The number of hydrogen-bond acceptors (Lipinski definition) is 1. The molecule has 0 bridgehead atoms. The Labute approximate surface area is 77.6 Å². The molecule has 0 fully saturated rings. The van der Waals surface area contributed by atoms with Crippen molar-refractivity contribution in [1.29, 1.82) is 0 Å². The molecule has 2 heteroatoms. The zero-order valence-corrected chi connectivity index (χ0v) is 7.57. The number of anilines is 1. The fourth-order valence-electron chi connectivity index (χ4n) is 1.37. The molecule has 66 valence electrons. The largest absolute Gasteiger partial charge is 0.397 e. The Hall–Kier alpha value is -1.70. The molecule has 0 aliphatic carbocycles. The first-order chi connectivity index (χ1) is 6.27. The number of rotatable bonds is 1. The number of benzene rings is 1. The number of nitrogen functional groups attached to an aromatic ring is 1. The highest BCUT2D eigenvalue weighted by Gasteiger charge is 1.99. The van der Waals surface area contributed by atoms with Gasteiger partial charge in [0.1, 0.15) is 0 Å². The molecule has 0 aliphatic rings. The van der Waals surface area contributed by atoms with Crippen LogP contribution >= 0.6 is 0 Å². The number of aryl methyl sites for hydroxylation is 1. The van der Waals surface area contributed by atoms with Crippen molar-refractivity contribution in [3.8, 4) is 5.69 Å². The minimum atomic E-state index is 0.807. The highest BCUT2D eigenvalue weighted by Crippen LogP contribution is 2.18. The van der Waals surface area contributed by atoms with Crippen molar-refractivity contribution in [1.82, 2.24) is 4.57 Å². The third-order valence-corrected chi connectivity index (χ3v) is 2.07. The predicted octanol–water partition coefficient (Wildman–Crippen LogP) is 2.37. The van der Waals surface area contributed by atoms with Gasteiger partial charge in [-0.25, -0.2) is 0 Å². The number of hydrogen-bond donors (Lipinski definition) is 1. The van der Waals surface area contributed by atoms with Gasteiger partial charge in [0.25, 0.3) is 0 Å². The minimum absolute atomic E-state index is 0.807. The van der Waals surface area contributed by atoms with Crippen LogP contribution in [-0.4, -0.2) is 4.57 Å². The van der Waals surface area contributed by atoms with Gasteiger partial charge in [-0.15, -0.1) is 0 Å². The van der Waals surface area contributed by atoms with Gasteiger partial charge < -0.3 is 10.3 Å². The van der Waals surface area contributed by atoms with Gasteiger partial charge in [-0.05, 0) is 36.8 Å². The lowest BCUT2D eigenvalue weighted by atomic mass is 10.2. The first kappa shape index (κ1) is 7.92. The molecular weight excluding hydrogens is 160 g/mol. The van der Waals surface area contributed by atoms with E-state index in [2.05, 4.69) is 13.0 Å². The van der Waals surface area contributed by atoms with E-state index < -0.39 is 0 Å². The normalized spacial score (nSPS) is 10.2. The highest BCUT2D eigenvalue weighted by atomic mass is 15.0. The molecule has 2 rings (SSSR count). The molecule has 1 aromatic carbocycles. The summed E-state index contributed by atoms with van der Waals surface area (Å²) >= 11 is 0. The van der Waals surface area contributed by atoms with Crippen LogP contribution in [0.4, 0.5) is 5.69 Å². The molecule has 0 amide bonds. The molecule has 1 heterocycles. The zero-order chi connectivity index (χ0) is 9.26. The molecular formula is C11H12N2. The lowest BCUT2D eigenvalue weighted by Crippen LogP contribution is -1.97. The molecule has 0 atom stereocenters. The van der Waals surface area contributed by atoms with E-state index in [0.29, 0.717) is 0 Å². The van der Waals surface area contributed by atoms with E-state index in [1.165, 1.54) is 5.56 Å². The second kappa shape index (κ2) is 2.98. The second-order valence-electron chi connectivity index (χ2n) is 3.15. The van der Waals surface area contributed by atoms with Gasteiger partial charge in [0, 0.05) is 12.4 Å².